The molecule has 0 bridgehead atoms. The van der Waals surface area contributed by atoms with Crippen LogP contribution in [-0.2, 0) is 4.79 Å². The van der Waals surface area contributed by atoms with Crippen LogP contribution in [0.2, 0.25) is 0 Å². The number of likely N-dealkylation sites (N-methyl/N-ethyl adjacent to an activating group) is 1. The van der Waals surface area contributed by atoms with Gasteiger partial charge in [0.1, 0.15) is 5.76 Å². The number of benzene rings is 1. The van der Waals surface area contributed by atoms with E-state index in [1.807, 2.05) is 6.92 Å². The van der Waals surface area contributed by atoms with Crippen molar-refractivity contribution in [2.45, 2.75) is 13.8 Å². The molecule has 0 saturated heterocycles. The maximum Gasteiger partial charge on any atom is 0.257 e. The van der Waals surface area contributed by atoms with Gasteiger partial charge in [-0.3, -0.25) is 9.59 Å². The van der Waals surface area contributed by atoms with Crippen LogP contribution in [0.25, 0.3) is 6.08 Å². The highest BCUT2D eigenvalue weighted by Gasteiger charge is 2.09. The Kier molecular flexibility index (Phi) is 6.39. The maximum absolute atomic E-state index is 12.0. The predicted octanol–water partition coefficient (Wildman–Crippen LogP) is 3.01. The van der Waals surface area contributed by atoms with Gasteiger partial charge in [-0.2, -0.15) is 0 Å². The Bertz CT molecular complexity index is 776. The zero-order chi connectivity index (χ0) is 18.2. The molecule has 0 aliphatic rings. The maximum atomic E-state index is 12.0. The second kappa shape index (κ2) is 8.73. The minimum Gasteiger partial charge on any atom is -0.493 e. The number of carbonyl (C=O) groups is 2. The predicted molar refractivity (Wildman–Crippen MR) is 94.0 cm³/mol. The average molecular weight is 343 g/mol. The molecule has 2 aromatic rings. The minimum absolute atomic E-state index is 0.0876. The Morgan fingerprint density at radius 2 is 2.00 bits per heavy atom. The van der Waals surface area contributed by atoms with E-state index in [0.717, 1.165) is 5.56 Å². The molecule has 0 atom stereocenters. The minimum atomic E-state index is -0.219. The molecule has 0 aliphatic carbocycles. The zero-order valence-corrected chi connectivity index (χ0v) is 14.5. The van der Waals surface area contributed by atoms with Crippen LogP contribution in [-0.4, -0.2) is 32.0 Å². The lowest BCUT2D eigenvalue weighted by atomic mass is 10.1. The number of amides is 1. The summed E-state index contributed by atoms with van der Waals surface area (Å²) in [5, 5.41) is 2.65. The molecule has 1 aromatic heterocycles. The smallest absolute Gasteiger partial charge is 0.257 e. The Morgan fingerprint density at radius 3 is 2.64 bits per heavy atom. The fourth-order valence-electron chi connectivity index (χ4n) is 2.12. The van der Waals surface area contributed by atoms with Crippen LogP contribution in [0.5, 0.6) is 11.5 Å². The van der Waals surface area contributed by atoms with Crippen molar-refractivity contribution in [2.75, 3.05) is 20.3 Å². The Balaban J connectivity index is 2.06. The molecule has 1 amide bonds. The fraction of sp³-hybridized carbons (Fsp3) is 0.263. The second-order valence-electron chi connectivity index (χ2n) is 5.26. The van der Waals surface area contributed by atoms with E-state index in [9.17, 15) is 9.59 Å². The van der Waals surface area contributed by atoms with Crippen molar-refractivity contribution >= 4 is 17.8 Å². The highest BCUT2D eigenvalue weighted by atomic mass is 16.5. The van der Waals surface area contributed by atoms with Crippen molar-refractivity contribution in [3.63, 3.8) is 0 Å². The first-order chi connectivity index (χ1) is 12.0. The van der Waals surface area contributed by atoms with E-state index in [2.05, 4.69) is 5.32 Å². The number of rotatable bonds is 8. The number of carbonyl (C=O) groups excluding carboxylic acids is 2. The lowest BCUT2D eigenvalue weighted by Gasteiger charge is -2.11. The van der Waals surface area contributed by atoms with E-state index >= 15 is 0 Å². The highest BCUT2D eigenvalue weighted by molar-refractivity contribution is 6.04. The molecule has 6 nitrogen and oxygen atoms in total. The van der Waals surface area contributed by atoms with Gasteiger partial charge in [0.25, 0.3) is 5.91 Å². The topological polar surface area (TPSA) is 77.8 Å². The van der Waals surface area contributed by atoms with Gasteiger partial charge in [0.15, 0.2) is 23.9 Å². The van der Waals surface area contributed by atoms with Gasteiger partial charge in [-0.15, -0.1) is 0 Å². The molecule has 1 N–H and O–H groups in total. The third kappa shape index (κ3) is 5.24. The molecule has 25 heavy (non-hydrogen) atoms. The number of methoxy groups -OCH3 is 1. The monoisotopic (exact) mass is 343 g/mol. The summed E-state index contributed by atoms with van der Waals surface area (Å²) >= 11 is 0. The Hall–Kier alpha value is -3.02. The number of hydrogen-bond acceptors (Lipinski definition) is 5. The van der Waals surface area contributed by atoms with Crippen molar-refractivity contribution in [3.05, 3.63) is 53.5 Å². The first-order valence-corrected chi connectivity index (χ1v) is 7.90. The highest BCUT2D eigenvalue weighted by Crippen LogP contribution is 2.28. The second-order valence-corrected chi connectivity index (χ2v) is 5.26. The zero-order valence-electron chi connectivity index (χ0n) is 14.5. The van der Waals surface area contributed by atoms with Crippen molar-refractivity contribution in [1.29, 1.82) is 0 Å². The van der Waals surface area contributed by atoms with Crippen LogP contribution in [0, 0.1) is 6.92 Å². The van der Waals surface area contributed by atoms with E-state index in [1.165, 1.54) is 13.2 Å². The van der Waals surface area contributed by atoms with Crippen LogP contribution in [0.15, 0.2) is 40.8 Å². The molecule has 1 aromatic carbocycles. The summed E-state index contributed by atoms with van der Waals surface area (Å²) in [5.74, 6) is 1.50. The molecule has 0 spiro atoms. The summed E-state index contributed by atoms with van der Waals surface area (Å²) in [7, 11) is 1.51. The molecule has 0 unspecified atom stereocenters. The van der Waals surface area contributed by atoms with Crippen LogP contribution in [0.4, 0.5) is 0 Å². The molecule has 132 valence electrons. The summed E-state index contributed by atoms with van der Waals surface area (Å²) < 4.78 is 16.0. The largest absolute Gasteiger partial charge is 0.493 e. The lowest BCUT2D eigenvalue weighted by molar-refractivity contribution is -0.123. The third-order valence-corrected chi connectivity index (χ3v) is 3.33. The third-order valence-electron chi connectivity index (χ3n) is 3.33. The van der Waals surface area contributed by atoms with Crippen molar-refractivity contribution in [1.82, 2.24) is 5.32 Å². The van der Waals surface area contributed by atoms with Gasteiger partial charge in [0, 0.05) is 6.54 Å². The molecule has 0 radical (unpaired) electrons. The Labute approximate surface area is 146 Å². The van der Waals surface area contributed by atoms with E-state index in [4.69, 9.17) is 13.9 Å². The van der Waals surface area contributed by atoms with Gasteiger partial charge in [0.05, 0.1) is 7.11 Å². The molecule has 1 heterocycles. The Morgan fingerprint density at radius 1 is 1.20 bits per heavy atom. The number of aryl methyl sites for hydroxylation is 1. The number of ether oxygens (including phenoxy) is 2. The van der Waals surface area contributed by atoms with Crippen LogP contribution < -0.4 is 14.8 Å². The summed E-state index contributed by atoms with van der Waals surface area (Å²) in [6, 6.07) is 8.57. The SMILES string of the molecule is CCNC(=O)COc1ccc(/C=C/C(=O)c2ccc(C)o2)cc1OC. The molecule has 6 heteroatoms. The number of ketones is 1. The molecular formula is C19H21NO5. The van der Waals surface area contributed by atoms with E-state index in [-0.39, 0.29) is 18.3 Å². The fourth-order valence-corrected chi connectivity index (χ4v) is 2.12. The van der Waals surface area contributed by atoms with Gasteiger partial charge in [-0.05, 0) is 49.8 Å². The molecule has 0 aliphatic heterocycles. The normalized spacial score (nSPS) is 10.7. The van der Waals surface area contributed by atoms with E-state index < -0.39 is 0 Å². The molecular weight excluding hydrogens is 322 g/mol. The number of hydrogen-bond donors (Lipinski definition) is 1. The van der Waals surface area contributed by atoms with Crippen LogP contribution in [0.1, 0.15) is 28.8 Å². The van der Waals surface area contributed by atoms with Crippen molar-refractivity contribution in [2.24, 2.45) is 0 Å². The van der Waals surface area contributed by atoms with Gasteiger partial charge >= 0.3 is 0 Å². The first-order valence-electron chi connectivity index (χ1n) is 7.90. The van der Waals surface area contributed by atoms with Gasteiger partial charge < -0.3 is 19.2 Å². The molecule has 0 fully saturated rings. The lowest BCUT2D eigenvalue weighted by Crippen LogP contribution is -2.28. The molecule has 2 rings (SSSR count). The van der Waals surface area contributed by atoms with Crippen molar-refractivity contribution in [3.8, 4) is 11.5 Å². The quantitative estimate of drug-likeness (QED) is 0.589. The summed E-state index contributed by atoms with van der Waals surface area (Å²) in [4.78, 5) is 23.5. The summed E-state index contributed by atoms with van der Waals surface area (Å²) in [6.07, 6.45) is 3.10. The number of allylic oxidation sites excluding steroid dienone is 1. The summed E-state index contributed by atoms with van der Waals surface area (Å²) in [5.41, 5.74) is 0.763. The van der Waals surface area contributed by atoms with Gasteiger partial charge in [-0.25, -0.2) is 0 Å². The van der Waals surface area contributed by atoms with Crippen LogP contribution in [0.3, 0.4) is 0 Å². The van der Waals surface area contributed by atoms with Crippen LogP contribution >= 0.6 is 0 Å². The van der Waals surface area contributed by atoms with E-state index in [1.54, 1.807) is 43.3 Å². The standard InChI is InChI=1S/C19H21NO5/c1-4-20-19(22)12-24-17-10-7-14(11-18(17)23-3)6-8-15(21)16-9-5-13(2)25-16/h5-11H,4,12H2,1-3H3,(H,20,22)/b8-6+. The van der Waals surface area contributed by atoms with Crippen molar-refractivity contribution < 1.29 is 23.5 Å². The molecule has 0 saturated carbocycles. The summed E-state index contributed by atoms with van der Waals surface area (Å²) in [6.45, 7) is 4.08. The van der Waals surface area contributed by atoms with Gasteiger partial charge in [0.2, 0.25) is 5.78 Å². The number of nitrogens with one attached hydrogen (secondary N) is 1. The van der Waals surface area contributed by atoms with Gasteiger partial charge in [-0.1, -0.05) is 12.1 Å². The average Bonchev–Trinajstić information content (AvgIpc) is 3.05. The number of furan rings is 1. The first kappa shape index (κ1) is 18.3. The van der Waals surface area contributed by atoms with E-state index in [0.29, 0.717) is 29.6 Å².